The predicted octanol–water partition coefficient (Wildman–Crippen LogP) is 3.70. The summed E-state index contributed by atoms with van der Waals surface area (Å²) in [6, 6.07) is 12.6. The minimum atomic E-state index is 0.138. The molecule has 0 saturated carbocycles. The highest BCUT2D eigenvalue weighted by Gasteiger charge is 2.44. The van der Waals surface area contributed by atoms with Crippen molar-refractivity contribution in [1.82, 2.24) is 9.88 Å². The SMILES string of the molecule is C[C@@H]1CC2(CCN(C(=O)c3ccc[nH]3)CC2)c2ccccc21. The summed E-state index contributed by atoms with van der Waals surface area (Å²) in [5.41, 5.74) is 4.06. The largest absolute Gasteiger partial charge is 0.357 e. The summed E-state index contributed by atoms with van der Waals surface area (Å²) < 4.78 is 0. The van der Waals surface area contributed by atoms with E-state index in [-0.39, 0.29) is 5.91 Å². The zero-order valence-corrected chi connectivity index (χ0v) is 13.0. The molecule has 2 aliphatic rings. The first-order valence-corrected chi connectivity index (χ1v) is 8.22. The minimum absolute atomic E-state index is 0.138. The van der Waals surface area contributed by atoms with Crippen molar-refractivity contribution in [1.29, 1.82) is 0 Å². The third-order valence-electron chi connectivity index (χ3n) is 5.60. The quantitative estimate of drug-likeness (QED) is 0.855. The van der Waals surface area contributed by atoms with Crippen molar-refractivity contribution < 1.29 is 4.79 Å². The molecule has 3 heteroatoms. The van der Waals surface area contributed by atoms with Gasteiger partial charge in [0.05, 0.1) is 0 Å². The normalized spacial score (nSPS) is 22.8. The smallest absolute Gasteiger partial charge is 0.270 e. The molecule has 0 radical (unpaired) electrons. The van der Waals surface area contributed by atoms with Crippen LogP contribution in [0.15, 0.2) is 42.6 Å². The molecule has 2 heterocycles. The third kappa shape index (κ3) is 1.99. The van der Waals surface area contributed by atoms with Crippen LogP contribution < -0.4 is 0 Å². The third-order valence-corrected chi connectivity index (χ3v) is 5.60. The Morgan fingerprint density at radius 2 is 1.95 bits per heavy atom. The zero-order chi connectivity index (χ0) is 15.2. The number of H-pyrrole nitrogens is 1. The summed E-state index contributed by atoms with van der Waals surface area (Å²) in [6.45, 7) is 4.06. The number of aromatic amines is 1. The van der Waals surface area contributed by atoms with Gasteiger partial charge >= 0.3 is 0 Å². The van der Waals surface area contributed by atoms with E-state index in [9.17, 15) is 4.79 Å². The molecule has 0 bridgehead atoms. The molecule has 1 aliphatic heterocycles. The highest BCUT2D eigenvalue weighted by atomic mass is 16.2. The van der Waals surface area contributed by atoms with Crippen LogP contribution in [0.25, 0.3) is 0 Å². The second kappa shape index (κ2) is 5.01. The maximum atomic E-state index is 12.5. The van der Waals surface area contributed by atoms with Crippen LogP contribution >= 0.6 is 0 Å². The molecule has 1 saturated heterocycles. The molecule has 2 aromatic rings. The van der Waals surface area contributed by atoms with E-state index in [1.807, 2.05) is 23.2 Å². The standard InChI is InChI=1S/C19H22N2O/c1-14-13-19(16-6-3-2-5-15(14)16)8-11-21(12-9-19)18(22)17-7-4-10-20-17/h2-7,10,14,20H,8-9,11-13H2,1H3/t14-/m1/s1. The van der Waals surface area contributed by atoms with Gasteiger partial charge in [0.2, 0.25) is 0 Å². The van der Waals surface area contributed by atoms with Gasteiger partial charge in [-0.05, 0) is 53.9 Å². The molecule has 1 aromatic heterocycles. The zero-order valence-electron chi connectivity index (χ0n) is 13.0. The van der Waals surface area contributed by atoms with E-state index in [2.05, 4.69) is 36.2 Å². The van der Waals surface area contributed by atoms with Crippen molar-refractivity contribution in [3.05, 3.63) is 59.4 Å². The maximum Gasteiger partial charge on any atom is 0.270 e. The van der Waals surface area contributed by atoms with Gasteiger partial charge in [0.1, 0.15) is 5.69 Å². The minimum Gasteiger partial charge on any atom is -0.357 e. The van der Waals surface area contributed by atoms with Gasteiger partial charge in [-0.3, -0.25) is 4.79 Å². The molecule has 114 valence electrons. The molecule has 1 amide bonds. The topological polar surface area (TPSA) is 36.1 Å². The summed E-state index contributed by atoms with van der Waals surface area (Å²) in [5.74, 6) is 0.779. The van der Waals surface area contributed by atoms with E-state index in [1.54, 1.807) is 0 Å². The Bertz CT molecular complexity index is 681. The Hall–Kier alpha value is -2.03. The molecule has 1 spiro atoms. The lowest BCUT2D eigenvalue weighted by atomic mass is 9.73. The van der Waals surface area contributed by atoms with Gasteiger partial charge in [0.25, 0.3) is 5.91 Å². The van der Waals surface area contributed by atoms with Crippen LogP contribution in [-0.4, -0.2) is 28.9 Å². The number of likely N-dealkylation sites (tertiary alicyclic amines) is 1. The Morgan fingerprint density at radius 3 is 2.68 bits per heavy atom. The van der Waals surface area contributed by atoms with Crippen LogP contribution in [-0.2, 0) is 5.41 Å². The van der Waals surface area contributed by atoms with Gasteiger partial charge in [-0.25, -0.2) is 0 Å². The molecule has 1 N–H and O–H groups in total. The summed E-state index contributed by atoms with van der Waals surface area (Å²) in [4.78, 5) is 17.5. The monoisotopic (exact) mass is 294 g/mol. The number of hydrogen-bond donors (Lipinski definition) is 1. The Balaban J connectivity index is 1.54. The van der Waals surface area contributed by atoms with E-state index in [1.165, 1.54) is 17.5 Å². The average Bonchev–Trinajstić information content (AvgIpc) is 3.17. The lowest BCUT2D eigenvalue weighted by Gasteiger charge is -2.40. The number of fused-ring (bicyclic) bond motifs is 2. The van der Waals surface area contributed by atoms with E-state index in [0.717, 1.165) is 25.9 Å². The second-order valence-corrected chi connectivity index (χ2v) is 6.85. The van der Waals surface area contributed by atoms with Crippen molar-refractivity contribution in [2.45, 2.75) is 37.5 Å². The van der Waals surface area contributed by atoms with Crippen molar-refractivity contribution in [2.24, 2.45) is 0 Å². The van der Waals surface area contributed by atoms with Crippen molar-refractivity contribution in [3.63, 3.8) is 0 Å². The van der Waals surface area contributed by atoms with E-state index in [4.69, 9.17) is 0 Å². The van der Waals surface area contributed by atoms with Crippen molar-refractivity contribution in [2.75, 3.05) is 13.1 Å². The van der Waals surface area contributed by atoms with E-state index >= 15 is 0 Å². The molecule has 1 aliphatic carbocycles. The van der Waals surface area contributed by atoms with Crippen LogP contribution in [0.1, 0.15) is 53.7 Å². The number of amides is 1. The average molecular weight is 294 g/mol. The Labute approximate surface area is 131 Å². The van der Waals surface area contributed by atoms with Crippen LogP contribution in [0, 0.1) is 0 Å². The number of rotatable bonds is 1. The lowest BCUT2D eigenvalue weighted by Crippen LogP contribution is -2.44. The van der Waals surface area contributed by atoms with Crippen LogP contribution in [0.2, 0.25) is 0 Å². The van der Waals surface area contributed by atoms with Crippen LogP contribution in [0.4, 0.5) is 0 Å². The molecule has 4 rings (SSSR count). The summed E-state index contributed by atoms with van der Waals surface area (Å²) in [7, 11) is 0. The number of carbonyl (C=O) groups excluding carboxylic acids is 1. The van der Waals surface area contributed by atoms with E-state index < -0.39 is 0 Å². The van der Waals surface area contributed by atoms with Crippen LogP contribution in [0.5, 0.6) is 0 Å². The molecule has 0 unspecified atom stereocenters. The molecular formula is C19H22N2O. The lowest BCUT2D eigenvalue weighted by molar-refractivity contribution is 0.0658. The number of hydrogen-bond acceptors (Lipinski definition) is 1. The first kappa shape index (κ1) is 13.6. The number of aromatic nitrogens is 1. The fraction of sp³-hybridized carbons (Fsp3) is 0.421. The molecule has 1 fully saturated rings. The van der Waals surface area contributed by atoms with Gasteiger partial charge in [-0.2, -0.15) is 0 Å². The highest BCUT2D eigenvalue weighted by molar-refractivity contribution is 5.92. The molecular weight excluding hydrogens is 272 g/mol. The number of nitrogens with zero attached hydrogens (tertiary/aromatic N) is 1. The molecule has 1 atom stereocenters. The summed E-state index contributed by atoms with van der Waals surface area (Å²) in [5, 5.41) is 0. The van der Waals surface area contributed by atoms with Gasteiger partial charge in [0, 0.05) is 19.3 Å². The first-order chi connectivity index (χ1) is 10.7. The molecule has 22 heavy (non-hydrogen) atoms. The second-order valence-electron chi connectivity index (χ2n) is 6.85. The number of nitrogens with one attached hydrogen (secondary N) is 1. The predicted molar refractivity (Wildman–Crippen MR) is 87.1 cm³/mol. The summed E-state index contributed by atoms with van der Waals surface area (Å²) >= 11 is 0. The van der Waals surface area contributed by atoms with Gasteiger partial charge < -0.3 is 9.88 Å². The first-order valence-electron chi connectivity index (χ1n) is 8.22. The fourth-order valence-electron chi connectivity index (χ4n) is 4.46. The van der Waals surface area contributed by atoms with Gasteiger partial charge in [-0.1, -0.05) is 31.2 Å². The summed E-state index contributed by atoms with van der Waals surface area (Å²) in [6.07, 6.45) is 5.21. The number of piperidine rings is 1. The highest BCUT2D eigenvalue weighted by Crippen LogP contribution is 2.51. The Morgan fingerprint density at radius 1 is 1.18 bits per heavy atom. The fourth-order valence-corrected chi connectivity index (χ4v) is 4.46. The van der Waals surface area contributed by atoms with Crippen molar-refractivity contribution >= 4 is 5.91 Å². The number of benzene rings is 1. The van der Waals surface area contributed by atoms with Crippen molar-refractivity contribution in [3.8, 4) is 0 Å². The van der Waals surface area contributed by atoms with Gasteiger partial charge in [-0.15, -0.1) is 0 Å². The van der Waals surface area contributed by atoms with E-state index in [0.29, 0.717) is 17.0 Å². The molecule has 1 aromatic carbocycles. The van der Waals surface area contributed by atoms with Gasteiger partial charge in [0.15, 0.2) is 0 Å². The Kier molecular flexibility index (Phi) is 3.10. The number of carbonyl (C=O) groups is 1. The maximum absolute atomic E-state index is 12.5. The molecule has 3 nitrogen and oxygen atoms in total. The van der Waals surface area contributed by atoms with Crippen LogP contribution in [0.3, 0.4) is 0 Å².